The third-order valence-corrected chi connectivity index (χ3v) is 3.38. The lowest BCUT2D eigenvalue weighted by atomic mass is 9.94. The number of rotatable bonds is 3. The fourth-order valence-corrected chi connectivity index (χ4v) is 2.23. The van der Waals surface area contributed by atoms with Gasteiger partial charge in [0.25, 0.3) is 0 Å². The summed E-state index contributed by atoms with van der Waals surface area (Å²) in [5, 5.41) is 3.33. The zero-order chi connectivity index (χ0) is 13.1. The van der Waals surface area contributed by atoms with Crippen LogP contribution in [-0.4, -0.2) is 17.0 Å². The highest BCUT2D eigenvalue weighted by Crippen LogP contribution is 2.25. The molecule has 1 N–H and O–H groups in total. The molecule has 0 amide bonds. The fourth-order valence-electron chi connectivity index (χ4n) is 2.23. The second-order valence-corrected chi connectivity index (χ2v) is 4.65. The van der Waals surface area contributed by atoms with Crippen LogP contribution in [0.15, 0.2) is 30.7 Å². The van der Waals surface area contributed by atoms with E-state index in [1.807, 2.05) is 13.1 Å². The van der Waals surface area contributed by atoms with Gasteiger partial charge in [0.1, 0.15) is 6.33 Å². The molecule has 94 valence electrons. The second kappa shape index (κ2) is 5.27. The van der Waals surface area contributed by atoms with E-state index in [4.69, 9.17) is 0 Å². The van der Waals surface area contributed by atoms with E-state index in [-0.39, 0.29) is 6.04 Å². The van der Waals surface area contributed by atoms with Gasteiger partial charge in [-0.2, -0.15) is 0 Å². The van der Waals surface area contributed by atoms with E-state index >= 15 is 0 Å². The minimum atomic E-state index is 0.118. The molecule has 0 saturated heterocycles. The molecule has 2 aromatic rings. The van der Waals surface area contributed by atoms with Crippen LogP contribution >= 0.6 is 0 Å². The van der Waals surface area contributed by atoms with Crippen molar-refractivity contribution < 1.29 is 0 Å². The fraction of sp³-hybridized carbons (Fsp3) is 0.333. The molecular formula is C15H19N3. The first-order chi connectivity index (χ1) is 8.63. The van der Waals surface area contributed by atoms with Crippen molar-refractivity contribution in [1.29, 1.82) is 0 Å². The monoisotopic (exact) mass is 241 g/mol. The first-order valence-electron chi connectivity index (χ1n) is 6.14. The van der Waals surface area contributed by atoms with Gasteiger partial charge in [0.2, 0.25) is 0 Å². The number of hydrogen-bond donors (Lipinski definition) is 1. The molecule has 3 nitrogen and oxygen atoms in total. The topological polar surface area (TPSA) is 37.8 Å². The molecule has 3 heteroatoms. The number of hydrogen-bond acceptors (Lipinski definition) is 3. The van der Waals surface area contributed by atoms with E-state index in [2.05, 4.69) is 48.2 Å². The van der Waals surface area contributed by atoms with Crippen LogP contribution in [0, 0.1) is 20.8 Å². The van der Waals surface area contributed by atoms with Gasteiger partial charge in [0.05, 0.1) is 11.7 Å². The number of nitrogens with one attached hydrogen (secondary N) is 1. The van der Waals surface area contributed by atoms with Crippen LogP contribution in [-0.2, 0) is 0 Å². The van der Waals surface area contributed by atoms with E-state index in [0.29, 0.717) is 0 Å². The standard InChI is InChI=1S/C15H19N3/c1-10-7-12(3)13(8-11(10)2)15(16-4)14-5-6-17-9-18-14/h5-9,15-16H,1-4H3. The highest BCUT2D eigenvalue weighted by molar-refractivity contribution is 5.40. The predicted octanol–water partition coefficient (Wildman–Crippen LogP) is 2.71. The Hall–Kier alpha value is -1.74. The highest BCUT2D eigenvalue weighted by Gasteiger charge is 2.16. The highest BCUT2D eigenvalue weighted by atomic mass is 14.9. The molecule has 0 saturated carbocycles. The quantitative estimate of drug-likeness (QED) is 0.897. The van der Waals surface area contributed by atoms with Crippen molar-refractivity contribution >= 4 is 0 Å². The molecule has 1 atom stereocenters. The number of aromatic nitrogens is 2. The van der Waals surface area contributed by atoms with E-state index in [1.165, 1.54) is 22.3 Å². The Bertz CT molecular complexity index is 535. The van der Waals surface area contributed by atoms with Gasteiger partial charge in [-0.3, -0.25) is 0 Å². The van der Waals surface area contributed by atoms with Crippen LogP contribution in [0.4, 0.5) is 0 Å². The molecule has 1 unspecified atom stereocenters. The Morgan fingerprint density at radius 1 is 1.06 bits per heavy atom. The Labute approximate surface area is 108 Å². The Balaban J connectivity index is 2.49. The van der Waals surface area contributed by atoms with Crippen LogP contribution in [0.2, 0.25) is 0 Å². The van der Waals surface area contributed by atoms with Crippen molar-refractivity contribution in [3.63, 3.8) is 0 Å². The van der Waals surface area contributed by atoms with E-state index in [1.54, 1.807) is 12.5 Å². The lowest BCUT2D eigenvalue weighted by Gasteiger charge is -2.19. The summed E-state index contributed by atoms with van der Waals surface area (Å²) in [6.07, 6.45) is 3.37. The molecule has 0 spiro atoms. The van der Waals surface area contributed by atoms with Crippen LogP contribution in [0.1, 0.15) is 34.0 Å². The van der Waals surface area contributed by atoms with Crippen molar-refractivity contribution in [1.82, 2.24) is 15.3 Å². The molecule has 1 aromatic heterocycles. The zero-order valence-corrected chi connectivity index (χ0v) is 11.4. The molecule has 0 radical (unpaired) electrons. The van der Waals surface area contributed by atoms with Crippen molar-refractivity contribution in [3.05, 3.63) is 58.7 Å². The van der Waals surface area contributed by atoms with E-state index in [9.17, 15) is 0 Å². The third-order valence-electron chi connectivity index (χ3n) is 3.38. The van der Waals surface area contributed by atoms with Crippen molar-refractivity contribution in [2.24, 2.45) is 0 Å². The normalized spacial score (nSPS) is 12.4. The van der Waals surface area contributed by atoms with Crippen LogP contribution in [0.3, 0.4) is 0 Å². The van der Waals surface area contributed by atoms with Crippen LogP contribution in [0.25, 0.3) is 0 Å². The van der Waals surface area contributed by atoms with Gasteiger partial charge in [-0.1, -0.05) is 12.1 Å². The Morgan fingerprint density at radius 2 is 1.78 bits per heavy atom. The van der Waals surface area contributed by atoms with Crippen molar-refractivity contribution in [2.75, 3.05) is 7.05 Å². The summed E-state index contributed by atoms with van der Waals surface area (Å²) in [7, 11) is 1.96. The molecular weight excluding hydrogens is 222 g/mol. The first kappa shape index (κ1) is 12.7. The third kappa shape index (κ3) is 2.41. The maximum Gasteiger partial charge on any atom is 0.115 e. The molecule has 18 heavy (non-hydrogen) atoms. The molecule has 0 aliphatic carbocycles. The average Bonchev–Trinajstić information content (AvgIpc) is 2.38. The second-order valence-electron chi connectivity index (χ2n) is 4.65. The molecule has 1 aromatic carbocycles. The Morgan fingerprint density at radius 3 is 2.39 bits per heavy atom. The average molecular weight is 241 g/mol. The van der Waals surface area contributed by atoms with E-state index < -0.39 is 0 Å². The first-order valence-corrected chi connectivity index (χ1v) is 6.14. The summed E-state index contributed by atoms with van der Waals surface area (Å²) in [6, 6.07) is 6.55. The van der Waals surface area contributed by atoms with Crippen LogP contribution < -0.4 is 5.32 Å². The summed E-state index contributed by atoms with van der Waals surface area (Å²) in [4.78, 5) is 8.32. The SMILES string of the molecule is CNC(c1ccncn1)c1cc(C)c(C)cc1C. The summed E-state index contributed by atoms with van der Waals surface area (Å²) in [5.41, 5.74) is 6.20. The van der Waals surface area contributed by atoms with Gasteiger partial charge in [0, 0.05) is 6.20 Å². The van der Waals surface area contributed by atoms with Gasteiger partial charge in [-0.05, 0) is 56.1 Å². The lowest BCUT2D eigenvalue weighted by molar-refractivity contribution is 0.663. The maximum absolute atomic E-state index is 4.35. The molecule has 2 rings (SSSR count). The summed E-state index contributed by atoms with van der Waals surface area (Å²) >= 11 is 0. The minimum Gasteiger partial charge on any atom is -0.308 e. The van der Waals surface area contributed by atoms with Gasteiger partial charge in [-0.15, -0.1) is 0 Å². The largest absolute Gasteiger partial charge is 0.308 e. The number of nitrogens with zero attached hydrogens (tertiary/aromatic N) is 2. The van der Waals surface area contributed by atoms with Gasteiger partial charge < -0.3 is 5.32 Å². The zero-order valence-electron chi connectivity index (χ0n) is 11.4. The molecule has 1 heterocycles. The van der Waals surface area contributed by atoms with Gasteiger partial charge in [0.15, 0.2) is 0 Å². The number of aryl methyl sites for hydroxylation is 3. The van der Waals surface area contributed by atoms with Crippen molar-refractivity contribution in [2.45, 2.75) is 26.8 Å². The Kier molecular flexibility index (Phi) is 3.72. The minimum absolute atomic E-state index is 0.118. The van der Waals surface area contributed by atoms with E-state index in [0.717, 1.165) is 5.69 Å². The van der Waals surface area contributed by atoms with Gasteiger partial charge in [-0.25, -0.2) is 9.97 Å². The van der Waals surface area contributed by atoms with Gasteiger partial charge >= 0.3 is 0 Å². The predicted molar refractivity (Wildman–Crippen MR) is 73.6 cm³/mol. The molecule has 0 aliphatic rings. The van der Waals surface area contributed by atoms with Crippen LogP contribution in [0.5, 0.6) is 0 Å². The summed E-state index contributed by atoms with van der Waals surface area (Å²) in [5.74, 6) is 0. The van der Waals surface area contributed by atoms with Crippen molar-refractivity contribution in [3.8, 4) is 0 Å². The maximum atomic E-state index is 4.35. The number of benzene rings is 1. The molecule has 0 fully saturated rings. The lowest BCUT2D eigenvalue weighted by Crippen LogP contribution is -2.20. The summed E-state index contributed by atoms with van der Waals surface area (Å²) < 4.78 is 0. The molecule has 0 aliphatic heterocycles. The molecule has 0 bridgehead atoms. The smallest absolute Gasteiger partial charge is 0.115 e. The summed E-state index contributed by atoms with van der Waals surface area (Å²) in [6.45, 7) is 6.43.